The molecule has 18 heavy (non-hydrogen) atoms. The minimum absolute atomic E-state index is 0.139. The van der Waals surface area contributed by atoms with Crippen LogP contribution in [0.3, 0.4) is 0 Å². The van der Waals surface area contributed by atoms with Gasteiger partial charge in [-0.15, -0.1) is 0 Å². The molecule has 0 aliphatic rings. The van der Waals surface area contributed by atoms with Gasteiger partial charge in [0.15, 0.2) is 0 Å². The molecule has 0 atom stereocenters. The molecule has 0 aliphatic heterocycles. The van der Waals surface area contributed by atoms with Crippen LogP contribution in [0.25, 0.3) is 0 Å². The summed E-state index contributed by atoms with van der Waals surface area (Å²) in [5.74, 6) is -0.394. The molecule has 1 rings (SSSR count). The lowest BCUT2D eigenvalue weighted by Crippen LogP contribution is -2.48. The van der Waals surface area contributed by atoms with E-state index in [9.17, 15) is 14.9 Å². The topological polar surface area (TPSA) is 98.3 Å². The Labute approximate surface area is 113 Å². The lowest BCUT2D eigenvalue weighted by molar-refractivity contribution is -0.385. The zero-order valence-electron chi connectivity index (χ0n) is 10.1. The van der Waals surface area contributed by atoms with E-state index >= 15 is 0 Å². The molecule has 6 nitrogen and oxygen atoms in total. The second-order valence-electron chi connectivity index (χ2n) is 4.50. The molecule has 0 unspecified atom stereocenters. The molecule has 0 fully saturated rings. The number of halogens is 1. The van der Waals surface area contributed by atoms with Crippen LogP contribution in [0.2, 0.25) is 0 Å². The van der Waals surface area contributed by atoms with Gasteiger partial charge in [0.1, 0.15) is 0 Å². The molecule has 7 heteroatoms. The van der Waals surface area contributed by atoms with Gasteiger partial charge in [-0.05, 0) is 19.9 Å². The standard InChI is InChI=1S/C11H14BrN3O3/c1-11(2,6-13)14-10(16)7-3-8(12)5-9(4-7)15(17)18/h3-5H,6,13H2,1-2H3,(H,14,16). The van der Waals surface area contributed by atoms with Gasteiger partial charge in [0.25, 0.3) is 11.6 Å². The van der Waals surface area contributed by atoms with Crippen LogP contribution in [0.4, 0.5) is 5.69 Å². The molecule has 1 amide bonds. The van der Waals surface area contributed by atoms with Crippen LogP contribution in [0.15, 0.2) is 22.7 Å². The molecule has 3 N–H and O–H groups in total. The Kier molecular flexibility index (Phi) is 4.42. The van der Waals surface area contributed by atoms with Crippen LogP contribution in [0, 0.1) is 10.1 Å². The first-order valence-corrected chi connectivity index (χ1v) is 6.02. The van der Waals surface area contributed by atoms with E-state index in [1.54, 1.807) is 13.8 Å². The van der Waals surface area contributed by atoms with Crippen molar-refractivity contribution in [2.24, 2.45) is 5.73 Å². The molecule has 0 bridgehead atoms. The van der Waals surface area contributed by atoms with E-state index in [2.05, 4.69) is 21.2 Å². The third-order valence-corrected chi connectivity index (χ3v) is 2.78. The summed E-state index contributed by atoms with van der Waals surface area (Å²) in [5, 5.41) is 13.4. The highest BCUT2D eigenvalue weighted by Crippen LogP contribution is 2.21. The second kappa shape index (κ2) is 5.45. The first kappa shape index (κ1) is 14.6. The van der Waals surface area contributed by atoms with Crippen molar-refractivity contribution in [1.82, 2.24) is 5.32 Å². The largest absolute Gasteiger partial charge is 0.346 e. The molecule has 0 aliphatic carbocycles. The number of amides is 1. The van der Waals surface area contributed by atoms with Gasteiger partial charge in [0.05, 0.1) is 4.92 Å². The number of nitrogens with two attached hydrogens (primary N) is 1. The predicted molar refractivity (Wildman–Crippen MR) is 71.4 cm³/mol. The summed E-state index contributed by atoms with van der Waals surface area (Å²) >= 11 is 3.14. The maximum atomic E-state index is 11.9. The molecule has 98 valence electrons. The van der Waals surface area contributed by atoms with E-state index in [1.165, 1.54) is 18.2 Å². The number of hydrogen-bond donors (Lipinski definition) is 2. The van der Waals surface area contributed by atoms with Crippen LogP contribution < -0.4 is 11.1 Å². The fraction of sp³-hybridized carbons (Fsp3) is 0.364. The fourth-order valence-electron chi connectivity index (χ4n) is 1.24. The monoisotopic (exact) mass is 315 g/mol. The highest BCUT2D eigenvalue weighted by molar-refractivity contribution is 9.10. The SMILES string of the molecule is CC(C)(CN)NC(=O)c1cc(Br)cc([N+](=O)[O-])c1. The maximum Gasteiger partial charge on any atom is 0.271 e. The number of hydrogen-bond acceptors (Lipinski definition) is 4. The van der Waals surface area contributed by atoms with Gasteiger partial charge in [0, 0.05) is 34.3 Å². The summed E-state index contributed by atoms with van der Waals surface area (Å²) in [7, 11) is 0. The quantitative estimate of drug-likeness (QED) is 0.654. The van der Waals surface area contributed by atoms with Crippen molar-refractivity contribution in [1.29, 1.82) is 0 Å². The number of nitrogens with one attached hydrogen (secondary N) is 1. The molecule has 0 saturated carbocycles. The molecule has 1 aromatic rings. The Balaban J connectivity index is 3.03. The lowest BCUT2D eigenvalue weighted by atomic mass is 10.1. The van der Waals surface area contributed by atoms with Crippen LogP contribution in [-0.2, 0) is 0 Å². The van der Waals surface area contributed by atoms with Gasteiger partial charge in [-0.3, -0.25) is 14.9 Å². The van der Waals surface area contributed by atoms with Crippen LogP contribution in [-0.4, -0.2) is 22.9 Å². The highest BCUT2D eigenvalue weighted by Gasteiger charge is 2.21. The Hall–Kier alpha value is -1.47. The van der Waals surface area contributed by atoms with Crippen LogP contribution in [0.5, 0.6) is 0 Å². The van der Waals surface area contributed by atoms with Crippen molar-refractivity contribution in [2.45, 2.75) is 19.4 Å². The number of nitrogens with zero attached hydrogens (tertiary/aromatic N) is 1. The smallest absolute Gasteiger partial charge is 0.271 e. The van der Waals surface area contributed by atoms with Crippen molar-refractivity contribution < 1.29 is 9.72 Å². The number of nitro groups is 1. The number of carbonyl (C=O) groups is 1. The Morgan fingerprint density at radius 1 is 1.50 bits per heavy atom. The molecule has 0 spiro atoms. The molecule has 0 aromatic heterocycles. The van der Waals surface area contributed by atoms with E-state index in [1.807, 2.05) is 0 Å². The zero-order chi connectivity index (χ0) is 13.9. The molecule has 0 saturated heterocycles. The average Bonchev–Trinajstić information content (AvgIpc) is 2.27. The number of benzene rings is 1. The molecule has 0 radical (unpaired) electrons. The van der Waals surface area contributed by atoms with Crippen molar-refractivity contribution in [3.8, 4) is 0 Å². The van der Waals surface area contributed by atoms with Crippen molar-refractivity contribution in [3.63, 3.8) is 0 Å². The third kappa shape index (κ3) is 3.78. The van der Waals surface area contributed by atoms with Crippen LogP contribution >= 0.6 is 15.9 Å². The summed E-state index contributed by atoms with van der Waals surface area (Å²) in [6, 6.07) is 4.09. The zero-order valence-corrected chi connectivity index (χ0v) is 11.7. The fourth-order valence-corrected chi connectivity index (χ4v) is 1.72. The second-order valence-corrected chi connectivity index (χ2v) is 5.41. The Morgan fingerprint density at radius 2 is 2.11 bits per heavy atom. The molecule has 0 heterocycles. The summed E-state index contributed by atoms with van der Waals surface area (Å²) in [6.45, 7) is 3.82. The normalized spacial score (nSPS) is 11.1. The molecular weight excluding hydrogens is 302 g/mol. The van der Waals surface area contributed by atoms with Gasteiger partial charge in [-0.1, -0.05) is 15.9 Å². The van der Waals surface area contributed by atoms with Crippen LogP contribution in [0.1, 0.15) is 24.2 Å². The van der Waals surface area contributed by atoms with E-state index in [4.69, 9.17) is 5.73 Å². The first-order valence-electron chi connectivity index (χ1n) is 5.23. The average molecular weight is 316 g/mol. The Bertz CT molecular complexity index is 488. The van der Waals surface area contributed by atoms with E-state index in [0.717, 1.165) is 0 Å². The van der Waals surface area contributed by atoms with Crippen molar-refractivity contribution >= 4 is 27.5 Å². The third-order valence-electron chi connectivity index (χ3n) is 2.32. The van der Waals surface area contributed by atoms with Gasteiger partial charge in [-0.25, -0.2) is 0 Å². The first-order chi connectivity index (χ1) is 8.25. The van der Waals surface area contributed by atoms with Gasteiger partial charge < -0.3 is 11.1 Å². The number of rotatable bonds is 4. The summed E-state index contributed by atoms with van der Waals surface area (Å²) in [4.78, 5) is 22.1. The number of non-ortho nitro benzene ring substituents is 1. The van der Waals surface area contributed by atoms with E-state index in [0.29, 0.717) is 4.47 Å². The van der Waals surface area contributed by atoms with Gasteiger partial charge in [0.2, 0.25) is 0 Å². The highest BCUT2D eigenvalue weighted by atomic mass is 79.9. The molecular formula is C11H14BrN3O3. The lowest BCUT2D eigenvalue weighted by Gasteiger charge is -2.24. The maximum absolute atomic E-state index is 11.9. The van der Waals surface area contributed by atoms with Gasteiger partial charge in [-0.2, -0.15) is 0 Å². The van der Waals surface area contributed by atoms with Crippen molar-refractivity contribution in [3.05, 3.63) is 38.3 Å². The van der Waals surface area contributed by atoms with Gasteiger partial charge >= 0.3 is 0 Å². The summed E-state index contributed by atoms with van der Waals surface area (Å²) in [5.41, 5.74) is 5.03. The predicted octanol–water partition coefficient (Wildman–Crippen LogP) is 1.82. The minimum atomic E-state index is -0.561. The molecule has 1 aromatic carbocycles. The number of carbonyl (C=O) groups excluding carboxylic acids is 1. The van der Waals surface area contributed by atoms with E-state index < -0.39 is 16.4 Å². The number of nitro benzene ring substituents is 1. The Morgan fingerprint density at radius 3 is 2.61 bits per heavy atom. The van der Waals surface area contributed by atoms with Crippen molar-refractivity contribution in [2.75, 3.05) is 6.54 Å². The minimum Gasteiger partial charge on any atom is -0.346 e. The summed E-state index contributed by atoms with van der Waals surface area (Å²) < 4.78 is 0.479. The van der Waals surface area contributed by atoms with E-state index in [-0.39, 0.29) is 17.8 Å². The summed E-state index contributed by atoms with van der Waals surface area (Å²) in [6.07, 6.45) is 0.